The van der Waals surface area contributed by atoms with Gasteiger partial charge in [-0.15, -0.1) is 0 Å². The van der Waals surface area contributed by atoms with E-state index in [1.165, 1.54) is 37.4 Å². The van der Waals surface area contributed by atoms with Gasteiger partial charge in [-0.1, -0.05) is 59.6 Å². The Labute approximate surface area is 240 Å². The Bertz CT molecular complexity index is 1540. The third-order valence-electron chi connectivity index (χ3n) is 5.36. The summed E-state index contributed by atoms with van der Waals surface area (Å²) in [7, 11) is 0. The lowest BCUT2D eigenvalue weighted by Crippen LogP contribution is -2.33. The summed E-state index contributed by atoms with van der Waals surface area (Å²) in [6, 6.07) is 25.9. The Morgan fingerprint density at radius 3 is 2.02 bits per heavy atom. The second-order valence-corrected chi connectivity index (χ2v) is 9.12. The predicted octanol–water partition coefficient (Wildman–Crippen LogP) is 6.35. The highest BCUT2D eigenvalue weighted by Crippen LogP contribution is 2.28. The van der Waals surface area contributed by atoms with E-state index in [-0.39, 0.29) is 22.3 Å². The number of benzene rings is 4. The minimum Gasteiger partial charge on any atom is -0.479 e. The number of halogens is 2. The topological polar surface area (TPSA) is 103 Å². The van der Waals surface area contributed by atoms with E-state index in [2.05, 4.69) is 10.5 Å². The number of nitrogens with zero attached hydrogens (tertiary/aromatic N) is 1. The summed E-state index contributed by atoms with van der Waals surface area (Å²) in [5, 5.41) is 4.65. The zero-order valence-electron chi connectivity index (χ0n) is 21.0. The highest BCUT2D eigenvalue weighted by Gasteiger charge is 2.17. The van der Waals surface area contributed by atoms with Crippen molar-refractivity contribution in [2.75, 3.05) is 0 Å². The molecule has 202 valence electrons. The molecular formula is C30H22Cl2N2O6. The standard InChI is InChI=1S/C30H22Cl2N2O6/c1-19(38-26-15-13-23(31)16-25(26)32)28(35)34-33-18-22-12-14-24(39-29(36)20-8-4-2-5-9-20)17-27(22)40-30(37)21-10-6-3-7-11-21/h2-19H,1H3,(H,34,35)/b33-18+. The monoisotopic (exact) mass is 576 g/mol. The maximum Gasteiger partial charge on any atom is 0.343 e. The first kappa shape index (κ1) is 28.4. The molecule has 0 aliphatic carbocycles. The molecule has 0 aliphatic rings. The first-order valence-corrected chi connectivity index (χ1v) is 12.7. The first-order valence-electron chi connectivity index (χ1n) is 11.9. The molecule has 1 unspecified atom stereocenters. The molecule has 0 aliphatic heterocycles. The summed E-state index contributed by atoms with van der Waals surface area (Å²) in [6.45, 7) is 1.53. The summed E-state index contributed by atoms with van der Waals surface area (Å²) in [5.41, 5.74) is 3.38. The maximum absolute atomic E-state index is 12.7. The largest absolute Gasteiger partial charge is 0.479 e. The smallest absolute Gasteiger partial charge is 0.343 e. The van der Waals surface area contributed by atoms with Crippen molar-refractivity contribution in [3.8, 4) is 17.2 Å². The molecule has 40 heavy (non-hydrogen) atoms. The van der Waals surface area contributed by atoms with Gasteiger partial charge in [0.05, 0.1) is 22.4 Å². The van der Waals surface area contributed by atoms with Gasteiger partial charge in [0.2, 0.25) is 0 Å². The van der Waals surface area contributed by atoms with Crippen molar-refractivity contribution in [1.29, 1.82) is 0 Å². The number of hydrazone groups is 1. The Morgan fingerprint density at radius 1 is 0.775 bits per heavy atom. The van der Waals surface area contributed by atoms with Gasteiger partial charge in [0.25, 0.3) is 5.91 Å². The number of nitrogens with one attached hydrogen (secondary N) is 1. The first-order chi connectivity index (χ1) is 19.3. The Morgan fingerprint density at radius 2 is 1.40 bits per heavy atom. The Hall–Kier alpha value is -4.66. The van der Waals surface area contributed by atoms with E-state index >= 15 is 0 Å². The number of hydrogen-bond donors (Lipinski definition) is 1. The van der Waals surface area contributed by atoms with Gasteiger partial charge in [-0.25, -0.2) is 15.0 Å². The summed E-state index contributed by atoms with van der Waals surface area (Å²) in [6.07, 6.45) is 0.349. The van der Waals surface area contributed by atoms with E-state index in [1.54, 1.807) is 72.8 Å². The van der Waals surface area contributed by atoms with Crippen LogP contribution in [-0.4, -0.2) is 30.2 Å². The Balaban J connectivity index is 1.49. The summed E-state index contributed by atoms with van der Waals surface area (Å²) >= 11 is 12.0. The third kappa shape index (κ3) is 7.69. The molecule has 1 atom stereocenters. The number of carbonyl (C=O) groups is 3. The molecule has 0 bridgehead atoms. The van der Waals surface area contributed by atoms with Crippen molar-refractivity contribution >= 4 is 47.3 Å². The quantitative estimate of drug-likeness (QED) is 0.108. The summed E-state index contributed by atoms with van der Waals surface area (Å²) < 4.78 is 16.6. The maximum atomic E-state index is 12.7. The van der Waals surface area contributed by atoms with Gasteiger partial charge in [-0.05, 0) is 61.5 Å². The molecule has 0 fully saturated rings. The molecule has 0 radical (unpaired) electrons. The van der Waals surface area contributed by atoms with Gasteiger partial charge in [0, 0.05) is 16.7 Å². The number of carbonyl (C=O) groups excluding carboxylic acids is 3. The van der Waals surface area contributed by atoms with Crippen LogP contribution in [0.15, 0.2) is 102 Å². The van der Waals surface area contributed by atoms with Crippen LogP contribution in [0.3, 0.4) is 0 Å². The minimum absolute atomic E-state index is 0.0578. The van der Waals surface area contributed by atoms with Crippen LogP contribution in [0.4, 0.5) is 0 Å². The molecule has 10 heteroatoms. The molecular weight excluding hydrogens is 555 g/mol. The van der Waals surface area contributed by atoms with Crippen molar-refractivity contribution in [3.05, 3.63) is 124 Å². The lowest BCUT2D eigenvalue weighted by Gasteiger charge is -2.14. The average Bonchev–Trinajstić information content (AvgIpc) is 2.96. The Kier molecular flexibility index (Phi) is 9.51. The van der Waals surface area contributed by atoms with Crippen LogP contribution in [0.1, 0.15) is 33.2 Å². The zero-order chi connectivity index (χ0) is 28.5. The fraction of sp³-hybridized carbons (Fsp3) is 0.0667. The molecule has 0 saturated heterocycles. The number of ether oxygens (including phenoxy) is 3. The van der Waals surface area contributed by atoms with E-state index in [0.29, 0.717) is 21.7 Å². The highest BCUT2D eigenvalue weighted by molar-refractivity contribution is 6.35. The predicted molar refractivity (Wildman–Crippen MR) is 152 cm³/mol. The van der Waals surface area contributed by atoms with E-state index in [9.17, 15) is 14.4 Å². The number of rotatable bonds is 9. The SMILES string of the molecule is CC(Oc1ccc(Cl)cc1Cl)C(=O)N/N=C/c1ccc(OC(=O)c2ccccc2)cc1OC(=O)c1ccccc1. The van der Waals surface area contributed by atoms with Crippen molar-refractivity contribution in [1.82, 2.24) is 5.43 Å². The van der Waals surface area contributed by atoms with Crippen LogP contribution in [0.5, 0.6) is 17.2 Å². The molecule has 0 saturated carbocycles. The van der Waals surface area contributed by atoms with Gasteiger partial charge in [0.1, 0.15) is 17.2 Å². The number of amides is 1. The highest BCUT2D eigenvalue weighted by atomic mass is 35.5. The summed E-state index contributed by atoms with van der Waals surface area (Å²) in [5.74, 6) is -1.28. The lowest BCUT2D eigenvalue weighted by molar-refractivity contribution is -0.127. The minimum atomic E-state index is -0.939. The second kappa shape index (κ2) is 13.4. The average molecular weight is 577 g/mol. The number of hydrogen-bond acceptors (Lipinski definition) is 7. The van der Waals surface area contributed by atoms with Crippen LogP contribution < -0.4 is 19.6 Å². The van der Waals surface area contributed by atoms with E-state index in [0.717, 1.165) is 0 Å². The zero-order valence-corrected chi connectivity index (χ0v) is 22.6. The molecule has 4 rings (SSSR count). The lowest BCUT2D eigenvalue weighted by atomic mass is 10.2. The fourth-order valence-electron chi connectivity index (χ4n) is 3.32. The van der Waals surface area contributed by atoms with Crippen LogP contribution in [0, 0.1) is 0 Å². The van der Waals surface area contributed by atoms with Crippen molar-refractivity contribution < 1.29 is 28.6 Å². The van der Waals surface area contributed by atoms with Crippen molar-refractivity contribution in [2.24, 2.45) is 5.10 Å². The van der Waals surface area contributed by atoms with Crippen LogP contribution >= 0.6 is 23.2 Å². The van der Waals surface area contributed by atoms with Gasteiger partial charge in [0.15, 0.2) is 6.10 Å². The van der Waals surface area contributed by atoms with Crippen LogP contribution in [0.2, 0.25) is 10.0 Å². The molecule has 1 amide bonds. The van der Waals surface area contributed by atoms with Crippen molar-refractivity contribution in [3.63, 3.8) is 0 Å². The van der Waals surface area contributed by atoms with Gasteiger partial charge >= 0.3 is 11.9 Å². The van der Waals surface area contributed by atoms with Crippen LogP contribution in [-0.2, 0) is 4.79 Å². The van der Waals surface area contributed by atoms with E-state index < -0.39 is 23.9 Å². The molecule has 4 aromatic rings. The molecule has 8 nitrogen and oxygen atoms in total. The van der Waals surface area contributed by atoms with Crippen molar-refractivity contribution in [2.45, 2.75) is 13.0 Å². The van der Waals surface area contributed by atoms with E-state index in [1.807, 2.05) is 0 Å². The fourth-order valence-corrected chi connectivity index (χ4v) is 3.77. The molecule has 4 aromatic carbocycles. The van der Waals surface area contributed by atoms with Gasteiger partial charge in [-0.2, -0.15) is 5.10 Å². The van der Waals surface area contributed by atoms with Gasteiger partial charge < -0.3 is 14.2 Å². The van der Waals surface area contributed by atoms with Gasteiger partial charge in [-0.3, -0.25) is 4.79 Å². The molecule has 0 heterocycles. The second-order valence-electron chi connectivity index (χ2n) is 8.28. The third-order valence-corrected chi connectivity index (χ3v) is 5.89. The molecule has 0 aromatic heterocycles. The van der Waals surface area contributed by atoms with Crippen LogP contribution in [0.25, 0.3) is 0 Å². The normalized spacial score (nSPS) is 11.5. The molecule has 1 N–H and O–H groups in total. The number of esters is 2. The van der Waals surface area contributed by atoms with E-state index in [4.69, 9.17) is 37.4 Å². The molecule has 0 spiro atoms. The summed E-state index contributed by atoms with van der Waals surface area (Å²) in [4.78, 5) is 37.7.